The van der Waals surface area contributed by atoms with Crippen LogP contribution in [-0.4, -0.2) is 33.3 Å². The average molecular weight is 299 g/mol. The van der Waals surface area contributed by atoms with Gasteiger partial charge in [0.15, 0.2) is 0 Å². The van der Waals surface area contributed by atoms with Crippen LogP contribution in [0, 0.1) is 5.92 Å². The molecule has 0 unspecified atom stereocenters. The van der Waals surface area contributed by atoms with E-state index >= 15 is 0 Å². The van der Waals surface area contributed by atoms with Crippen molar-refractivity contribution in [2.24, 2.45) is 5.92 Å². The van der Waals surface area contributed by atoms with Crippen LogP contribution >= 0.6 is 0 Å². The summed E-state index contributed by atoms with van der Waals surface area (Å²) >= 11 is 0. The first-order chi connectivity index (χ1) is 9.62. The molecule has 0 bridgehead atoms. The van der Waals surface area contributed by atoms with Gasteiger partial charge in [-0.2, -0.15) is 0 Å². The van der Waals surface area contributed by atoms with Crippen molar-refractivity contribution < 1.29 is 18.3 Å². The van der Waals surface area contributed by atoms with Crippen LogP contribution in [0.1, 0.15) is 24.8 Å². The van der Waals surface area contributed by atoms with Crippen LogP contribution in [0.3, 0.4) is 0 Å². The van der Waals surface area contributed by atoms with E-state index in [-0.39, 0.29) is 11.5 Å². The summed E-state index contributed by atoms with van der Waals surface area (Å²) in [6, 6.07) is 6.20. The first-order valence-electron chi connectivity index (χ1n) is 6.89. The second kappa shape index (κ2) is 7.17. The Morgan fingerprint density at radius 1 is 1.25 bits per heavy atom. The Morgan fingerprint density at radius 3 is 2.55 bits per heavy atom. The van der Waals surface area contributed by atoms with E-state index in [0.29, 0.717) is 25.1 Å². The van der Waals surface area contributed by atoms with Crippen molar-refractivity contribution in [3.63, 3.8) is 0 Å². The van der Waals surface area contributed by atoms with E-state index in [1.807, 2.05) is 0 Å². The number of benzene rings is 1. The molecular weight excluding hydrogens is 278 g/mol. The normalized spacial score (nSPS) is 15.4. The van der Waals surface area contributed by atoms with E-state index < -0.39 is 10.0 Å². The molecule has 0 amide bonds. The number of aliphatic hydroxyl groups excluding tert-OH is 1. The zero-order valence-electron chi connectivity index (χ0n) is 11.4. The number of nitrogens with one attached hydrogen (secondary N) is 1. The van der Waals surface area contributed by atoms with E-state index in [2.05, 4.69) is 4.72 Å². The zero-order valence-corrected chi connectivity index (χ0v) is 12.2. The van der Waals surface area contributed by atoms with Crippen molar-refractivity contribution >= 4 is 10.0 Å². The summed E-state index contributed by atoms with van der Waals surface area (Å²) < 4.78 is 31.9. The second-order valence-corrected chi connectivity index (χ2v) is 6.84. The molecule has 1 aliphatic rings. The zero-order chi connectivity index (χ0) is 14.4. The van der Waals surface area contributed by atoms with Gasteiger partial charge in [-0.25, -0.2) is 13.1 Å². The van der Waals surface area contributed by atoms with Crippen molar-refractivity contribution in [3.05, 3.63) is 29.8 Å². The molecule has 1 aliphatic carbocycles. The highest BCUT2D eigenvalue weighted by atomic mass is 32.2. The summed E-state index contributed by atoms with van der Waals surface area (Å²) in [5.41, 5.74) is 0.692. The minimum Gasteiger partial charge on any atom is -0.392 e. The van der Waals surface area contributed by atoms with Crippen LogP contribution in [0.25, 0.3) is 0 Å². The summed E-state index contributed by atoms with van der Waals surface area (Å²) in [5, 5.41) is 8.92. The van der Waals surface area contributed by atoms with Crippen molar-refractivity contribution in [2.75, 3.05) is 19.8 Å². The maximum absolute atomic E-state index is 12.0. The fraction of sp³-hybridized carbons (Fsp3) is 0.571. The van der Waals surface area contributed by atoms with Gasteiger partial charge in [0.05, 0.1) is 11.5 Å². The van der Waals surface area contributed by atoms with Gasteiger partial charge in [0.25, 0.3) is 0 Å². The third-order valence-corrected chi connectivity index (χ3v) is 4.70. The van der Waals surface area contributed by atoms with E-state index in [4.69, 9.17) is 9.84 Å². The van der Waals surface area contributed by atoms with E-state index in [1.54, 1.807) is 12.1 Å². The van der Waals surface area contributed by atoms with Gasteiger partial charge in [0.2, 0.25) is 10.0 Å². The first-order valence-corrected chi connectivity index (χ1v) is 8.37. The fourth-order valence-electron chi connectivity index (χ4n) is 1.77. The Hall–Kier alpha value is -0.950. The Balaban J connectivity index is 1.71. The molecule has 1 aromatic rings. The van der Waals surface area contributed by atoms with Gasteiger partial charge in [-0.15, -0.1) is 0 Å². The SMILES string of the molecule is O=S(=O)(NCCCOCC1CC1)c1ccc(CO)cc1. The van der Waals surface area contributed by atoms with Crippen LogP contribution in [-0.2, 0) is 21.4 Å². The standard InChI is InChI=1S/C14H21NO4S/c16-10-12-4-6-14(7-5-12)20(17,18)15-8-1-9-19-11-13-2-3-13/h4-7,13,15-16H,1-3,8-11H2. The molecule has 0 radical (unpaired) electrons. The quantitative estimate of drug-likeness (QED) is 0.673. The molecule has 0 heterocycles. The fourth-order valence-corrected chi connectivity index (χ4v) is 2.85. The van der Waals surface area contributed by atoms with Crippen LogP contribution < -0.4 is 4.72 Å². The Bertz CT molecular complexity index is 508. The minimum absolute atomic E-state index is 0.0912. The van der Waals surface area contributed by atoms with Gasteiger partial charge in [-0.1, -0.05) is 12.1 Å². The lowest BCUT2D eigenvalue weighted by molar-refractivity contribution is 0.123. The lowest BCUT2D eigenvalue weighted by Gasteiger charge is -2.07. The van der Waals surface area contributed by atoms with Gasteiger partial charge in [-0.05, 0) is 42.9 Å². The van der Waals surface area contributed by atoms with Crippen molar-refractivity contribution in [1.82, 2.24) is 4.72 Å². The molecule has 6 heteroatoms. The highest BCUT2D eigenvalue weighted by Crippen LogP contribution is 2.28. The van der Waals surface area contributed by atoms with Gasteiger partial charge in [-0.3, -0.25) is 0 Å². The number of hydrogen-bond acceptors (Lipinski definition) is 4. The molecule has 2 rings (SSSR count). The van der Waals surface area contributed by atoms with E-state index in [0.717, 1.165) is 12.5 Å². The second-order valence-electron chi connectivity index (χ2n) is 5.07. The molecule has 0 aromatic heterocycles. The summed E-state index contributed by atoms with van der Waals surface area (Å²) in [6.45, 7) is 1.67. The molecule has 0 atom stereocenters. The molecule has 1 fully saturated rings. The van der Waals surface area contributed by atoms with E-state index in [9.17, 15) is 8.42 Å². The Morgan fingerprint density at radius 2 is 1.95 bits per heavy atom. The van der Waals surface area contributed by atoms with Gasteiger partial charge < -0.3 is 9.84 Å². The summed E-state index contributed by atoms with van der Waals surface area (Å²) in [4.78, 5) is 0.216. The smallest absolute Gasteiger partial charge is 0.240 e. The van der Waals surface area contributed by atoms with Crippen LogP contribution in [0.2, 0.25) is 0 Å². The lowest BCUT2D eigenvalue weighted by Crippen LogP contribution is -2.25. The maximum atomic E-state index is 12.0. The van der Waals surface area contributed by atoms with Crippen LogP contribution in [0.4, 0.5) is 0 Å². The van der Waals surface area contributed by atoms with Gasteiger partial charge in [0, 0.05) is 19.8 Å². The molecule has 1 saturated carbocycles. The van der Waals surface area contributed by atoms with E-state index in [1.165, 1.54) is 25.0 Å². The Labute approximate surface area is 120 Å². The molecule has 0 aliphatic heterocycles. The first kappa shape index (κ1) is 15.4. The molecule has 0 saturated heterocycles. The highest BCUT2D eigenvalue weighted by molar-refractivity contribution is 7.89. The molecular formula is C14H21NO4S. The van der Waals surface area contributed by atoms with Crippen molar-refractivity contribution in [1.29, 1.82) is 0 Å². The molecule has 20 heavy (non-hydrogen) atoms. The molecule has 1 aromatic carbocycles. The summed E-state index contributed by atoms with van der Waals surface area (Å²) in [5.74, 6) is 0.733. The topological polar surface area (TPSA) is 75.6 Å². The predicted octanol–water partition coefficient (Wildman–Crippen LogP) is 1.27. The number of rotatable bonds is 9. The summed E-state index contributed by atoms with van der Waals surface area (Å²) in [7, 11) is -3.46. The highest BCUT2D eigenvalue weighted by Gasteiger charge is 2.20. The largest absolute Gasteiger partial charge is 0.392 e. The molecule has 0 spiro atoms. The van der Waals surface area contributed by atoms with Crippen molar-refractivity contribution in [2.45, 2.75) is 30.8 Å². The molecule has 2 N–H and O–H groups in total. The van der Waals surface area contributed by atoms with Gasteiger partial charge >= 0.3 is 0 Å². The Kier molecular flexibility index (Phi) is 5.54. The maximum Gasteiger partial charge on any atom is 0.240 e. The number of ether oxygens (including phenoxy) is 1. The molecule has 112 valence electrons. The van der Waals surface area contributed by atoms with Gasteiger partial charge in [0.1, 0.15) is 0 Å². The van der Waals surface area contributed by atoms with Crippen LogP contribution in [0.15, 0.2) is 29.2 Å². The third kappa shape index (κ3) is 4.86. The number of hydrogen-bond donors (Lipinski definition) is 2. The minimum atomic E-state index is -3.46. The lowest BCUT2D eigenvalue weighted by atomic mass is 10.2. The molecule has 5 nitrogen and oxygen atoms in total. The van der Waals surface area contributed by atoms with Crippen molar-refractivity contribution in [3.8, 4) is 0 Å². The average Bonchev–Trinajstić information content (AvgIpc) is 3.27. The third-order valence-electron chi connectivity index (χ3n) is 3.22. The monoisotopic (exact) mass is 299 g/mol. The summed E-state index contributed by atoms with van der Waals surface area (Å²) in [6.07, 6.45) is 3.19. The predicted molar refractivity (Wildman–Crippen MR) is 75.7 cm³/mol. The number of sulfonamides is 1. The number of aliphatic hydroxyl groups is 1. The van der Waals surface area contributed by atoms with Crippen LogP contribution in [0.5, 0.6) is 0 Å².